The number of hydrogen-bond donors (Lipinski definition) is 2. The molecular weight excluding hydrogens is 458 g/mol. The molecule has 162 valence electrons. The molecule has 9 nitrogen and oxygen atoms in total. The number of alkyl carbamates (subject to hydrolysis) is 1. The topological polar surface area (TPSA) is 116 Å². The zero-order valence-electron chi connectivity index (χ0n) is 16.2. The van der Waals surface area contributed by atoms with Crippen molar-refractivity contribution in [2.24, 2.45) is 0 Å². The number of nitrogens with zero attached hydrogens (tertiary/aromatic N) is 2. The van der Waals surface area contributed by atoms with Crippen LogP contribution in [0.2, 0.25) is 0 Å². The average Bonchev–Trinajstić information content (AvgIpc) is 2.51. The number of rotatable bonds is 6. The van der Waals surface area contributed by atoms with Crippen LogP contribution in [0, 0.1) is 10.1 Å². The Labute approximate surface area is 174 Å². The molecule has 1 saturated carbocycles. The monoisotopic (exact) mass is 480 g/mol. The number of halogens is 3. The molecule has 1 aromatic rings. The quantitative estimate of drug-likeness (QED) is 0.355. The third kappa shape index (κ3) is 7.69. The Bertz CT molecular complexity index is 747. The molecule has 1 heterocycles. The minimum Gasteiger partial charge on any atom is -0.444 e. The normalized spacial score (nSPS) is 22.2. The predicted molar refractivity (Wildman–Crippen MR) is 104 cm³/mol. The highest BCUT2D eigenvalue weighted by atomic mass is 79.9. The number of carbonyl (C=O) groups is 1. The van der Waals surface area contributed by atoms with Crippen molar-refractivity contribution in [3.63, 3.8) is 0 Å². The van der Waals surface area contributed by atoms with Crippen LogP contribution in [0.25, 0.3) is 0 Å². The lowest BCUT2D eigenvalue weighted by Crippen LogP contribution is -2.48. The molecule has 1 aliphatic carbocycles. The Morgan fingerprint density at radius 2 is 2.00 bits per heavy atom. The summed E-state index contributed by atoms with van der Waals surface area (Å²) in [4.78, 5) is 26.5. The van der Waals surface area contributed by atoms with Crippen LogP contribution in [0.1, 0.15) is 40.0 Å². The molecule has 0 saturated heterocycles. The van der Waals surface area contributed by atoms with Crippen LogP contribution < -0.4 is 10.6 Å². The van der Waals surface area contributed by atoms with E-state index in [1.54, 1.807) is 20.8 Å². The first-order valence-electron chi connectivity index (χ1n) is 8.92. The van der Waals surface area contributed by atoms with Gasteiger partial charge in [-0.3, -0.25) is 10.1 Å². The maximum atomic E-state index is 12.7. The fraction of sp³-hybridized carbons (Fsp3) is 0.647. The molecule has 0 radical (unpaired) electrons. The zero-order valence-corrected chi connectivity index (χ0v) is 17.7. The van der Waals surface area contributed by atoms with Gasteiger partial charge in [-0.2, -0.15) is 8.78 Å². The van der Waals surface area contributed by atoms with Crippen molar-refractivity contribution in [3.8, 4) is 0 Å². The van der Waals surface area contributed by atoms with E-state index in [1.807, 2.05) is 0 Å². The second-order valence-electron chi connectivity index (χ2n) is 7.69. The minimum absolute atomic E-state index is 0.171. The van der Waals surface area contributed by atoms with Crippen molar-refractivity contribution in [2.75, 3.05) is 5.32 Å². The highest BCUT2D eigenvalue weighted by Crippen LogP contribution is 2.31. The summed E-state index contributed by atoms with van der Waals surface area (Å²) >= 11 is 3.16. The van der Waals surface area contributed by atoms with Gasteiger partial charge in [-0.15, -0.1) is 0 Å². The number of hydrogen-bond acceptors (Lipinski definition) is 7. The van der Waals surface area contributed by atoms with Crippen molar-refractivity contribution in [1.29, 1.82) is 0 Å². The Hall–Kier alpha value is -2.08. The van der Waals surface area contributed by atoms with Gasteiger partial charge < -0.3 is 20.1 Å². The van der Waals surface area contributed by atoms with Crippen molar-refractivity contribution < 1.29 is 28.0 Å². The summed E-state index contributed by atoms with van der Waals surface area (Å²) in [6.45, 7) is 2.16. The molecule has 1 amide bonds. The smallest absolute Gasteiger partial charge is 0.407 e. The maximum Gasteiger partial charge on any atom is 0.407 e. The molecule has 12 heteroatoms. The number of carbonyl (C=O) groups excluding carboxylic acids is 1. The third-order valence-electron chi connectivity index (χ3n) is 4.09. The second-order valence-corrected chi connectivity index (χ2v) is 8.50. The standard InChI is InChI=1S/C17H23BrF2N4O5/c1-17(2,3)29-16(25)23-10-4-9(5-11(6-10)28-15(19)20)22-12-7-14(18)21-8-13(12)24(26)27/h7-11,15H,4-6H2,1-3H3,(H,21,22)(H,23,25). The maximum absolute atomic E-state index is 12.7. The van der Waals surface area contributed by atoms with Crippen molar-refractivity contribution in [2.45, 2.75) is 70.4 Å². The summed E-state index contributed by atoms with van der Waals surface area (Å²) in [5.41, 5.74) is -0.767. The van der Waals surface area contributed by atoms with Crippen LogP contribution in [0.15, 0.2) is 16.9 Å². The van der Waals surface area contributed by atoms with E-state index >= 15 is 0 Å². The van der Waals surface area contributed by atoms with Gasteiger partial charge >= 0.3 is 18.4 Å². The van der Waals surface area contributed by atoms with E-state index in [0.29, 0.717) is 11.0 Å². The van der Waals surface area contributed by atoms with Gasteiger partial charge in [0.15, 0.2) is 0 Å². The summed E-state index contributed by atoms with van der Waals surface area (Å²) in [6.07, 6.45) is 0.290. The number of aromatic nitrogens is 1. The molecule has 0 aliphatic heterocycles. The van der Waals surface area contributed by atoms with Gasteiger partial charge in [0, 0.05) is 18.2 Å². The van der Waals surface area contributed by atoms with E-state index in [-0.39, 0.29) is 24.2 Å². The second kappa shape index (κ2) is 9.61. The van der Waals surface area contributed by atoms with Crippen LogP contribution >= 0.6 is 15.9 Å². The van der Waals surface area contributed by atoms with Crippen molar-refractivity contribution in [1.82, 2.24) is 10.3 Å². The van der Waals surface area contributed by atoms with Crippen LogP contribution in [-0.4, -0.2) is 46.4 Å². The molecule has 2 N–H and O–H groups in total. The van der Waals surface area contributed by atoms with Gasteiger partial charge in [0.2, 0.25) is 0 Å². The summed E-state index contributed by atoms with van der Waals surface area (Å²) < 4.78 is 35.7. The van der Waals surface area contributed by atoms with Crippen LogP contribution in [0.5, 0.6) is 0 Å². The lowest BCUT2D eigenvalue weighted by molar-refractivity contribution is -0.384. The minimum atomic E-state index is -2.97. The van der Waals surface area contributed by atoms with E-state index < -0.39 is 41.4 Å². The van der Waals surface area contributed by atoms with E-state index in [0.717, 1.165) is 6.20 Å². The first-order chi connectivity index (χ1) is 13.4. The molecule has 2 rings (SSSR count). The van der Waals surface area contributed by atoms with E-state index in [9.17, 15) is 23.7 Å². The Kier molecular flexibility index (Phi) is 7.69. The molecule has 1 aliphatic rings. The Morgan fingerprint density at radius 1 is 1.34 bits per heavy atom. The molecule has 29 heavy (non-hydrogen) atoms. The van der Waals surface area contributed by atoms with Crippen molar-refractivity contribution in [3.05, 3.63) is 27.0 Å². The Morgan fingerprint density at radius 3 is 2.59 bits per heavy atom. The van der Waals surface area contributed by atoms with Crippen LogP contribution in [0.4, 0.5) is 25.0 Å². The van der Waals surface area contributed by atoms with E-state index in [4.69, 9.17) is 4.74 Å². The predicted octanol–water partition coefficient (Wildman–Crippen LogP) is 4.22. The van der Waals surface area contributed by atoms with E-state index in [1.165, 1.54) is 6.07 Å². The van der Waals surface area contributed by atoms with Gasteiger partial charge in [-0.25, -0.2) is 9.78 Å². The molecule has 0 bridgehead atoms. The number of pyridine rings is 1. The Balaban J connectivity index is 2.15. The van der Waals surface area contributed by atoms with Gasteiger partial charge in [-0.1, -0.05) is 0 Å². The third-order valence-corrected chi connectivity index (χ3v) is 4.52. The molecule has 1 aromatic heterocycles. The van der Waals surface area contributed by atoms with Gasteiger partial charge in [0.05, 0.1) is 11.0 Å². The molecular formula is C17H23BrF2N4O5. The SMILES string of the molecule is CC(C)(C)OC(=O)NC1CC(Nc2cc(Br)ncc2[N+](=O)[O-])CC(OC(F)F)C1. The van der Waals surface area contributed by atoms with Gasteiger partial charge in [-0.05, 0) is 56.0 Å². The number of amides is 1. The van der Waals surface area contributed by atoms with E-state index in [2.05, 4.69) is 36.3 Å². The van der Waals surface area contributed by atoms with Gasteiger partial charge in [0.25, 0.3) is 0 Å². The molecule has 3 atom stereocenters. The van der Waals surface area contributed by atoms with Crippen LogP contribution in [-0.2, 0) is 9.47 Å². The lowest BCUT2D eigenvalue weighted by Gasteiger charge is -2.36. The number of nitro groups is 1. The summed E-state index contributed by atoms with van der Waals surface area (Å²) in [6, 6.07) is 0.469. The first-order valence-corrected chi connectivity index (χ1v) is 9.72. The number of ether oxygens (including phenoxy) is 2. The number of nitrogens with one attached hydrogen (secondary N) is 2. The molecule has 3 unspecified atom stereocenters. The van der Waals surface area contributed by atoms with Gasteiger partial charge in [0.1, 0.15) is 22.1 Å². The van der Waals surface area contributed by atoms with Crippen molar-refractivity contribution >= 4 is 33.4 Å². The first kappa shape index (κ1) is 23.2. The fourth-order valence-corrected chi connectivity index (χ4v) is 3.47. The summed E-state index contributed by atoms with van der Waals surface area (Å²) in [5, 5.41) is 16.9. The largest absolute Gasteiger partial charge is 0.444 e. The number of alkyl halides is 2. The molecule has 1 fully saturated rings. The highest BCUT2D eigenvalue weighted by molar-refractivity contribution is 9.10. The summed E-state index contributed by atoms with van der Waals surface area (Å²) in [5.74, 6) is 0. The van der Waals surface area contributed by atoms with Crippen LogP contribution in [0.3, 0.4) is 0 Å². The lowest BCUT2D eigenvalue weighted by atomic mass is 9.88. The number of anilines is 1. The molecule has 0 spiro atoms. The fourth-order valence-electron chi connectivity index (χ4n) is 3.14. The summed E-state index contributed by atoms with van der Waals surface area (Å²) in [7, 11) is 0. The zero-order chi connectivity index (χ0) is 21.8. The highest BCUT2D eigenvalue weighted by Gasteiger charge is 2.34. The average molecular weight is 481 g/mol. The molecule has 0 aromatic carbocycles.